The quantitative estimate of drug-likeness (QED) is 0.417. The normalized spacial score (nSPS) is 12.8. The van der Waals surface area contributed by atoms with Crippen molar-refractivity contribution in [3.8, 4) is 17.2 Å². The van der Waals surface area contributed by atoms with Crippen LogP contribution in [0.25, 0.3) is 0 Å². The highest BCUT2D eigenvalue weighted by Crippen LogP contribution is 2.33. The molecule has 1 atom stereocenters. The van der Waals surface area contributed by atoms with Gasteiger partial charge in [-0.3, -0.25) is 9.59 Å². The lowest BCUT2D eigenvalue weighted by Gasteiger charge is -2.32. The maximum absolute atomic E-state index is 13.8. The van der Waals surface area contributed by atoms with E-state index in [1.165, 1.54) is 0 Å². The molecule has 3 aromatic rings. The second-order valence-electron chi connectivity index (χ2n) is 9.43. The highest BCUT2D eigenvalue weighted by atomic mass is 16.7. The molecule has 1 aliphatic heterocycles. The number of ether oxygens (including phenoxy) is 3. The standard InChI is InChI=1S/C30H34N2O5/c1-21(2)31-30(34)26(17-22-8-5-4-6-9-22)32(19-24-10-7-11-25(16-24)35-3)29(33)15-13-23-12-14-27-28(18-23)37-20-36-27/h4-12,14,16,18,21,26H,13,15,17,19-20H2,1-3H3,(H,31,34)/t26-/m0/s1. The van der Waals surface area contributed by atoms with Gasteiger partial charge < -0.3 is 24.4 Å². The fraction of sp³-hybridized carbons (Fsp3) is 0.333. The summed E-state index contributed by atoms with van der Waals surface area (Å²) < 4.78 is 16.3. The Balaban J connectivity index is 1.60. The third kappa shape index (κ3) is 7.03. The molecule has 0 fully saturated rings. The zero-order chi connectivity index (χ0) is 26.2. The highest BCUT2D eigenvalue weighted by Gasteiger charge is 2.30. The monoisotopic (exact) mass is 502 g/mol. The molecule has 0 aliphatic carbocycles. The highest BCUT2D eigenvalue weighted by molar-refractivity contribution is 5.88. The van der Waals surface area contributed by atoms with Crippen LogP contribution in [0.5, 0.6) is 17.2 Å². The summed E-state index contributed by atoms with van der Waals surface area (Å²) in [6.45, 7) is 4.34. The molecule has 194 valence electrons. The Morgan fingerprint density at radius 3 is 2.43 bits per heavy atom. The van der Waals surface area contributed by atoms with Crippen LogP contribution in [-0.4, -0.2) is 42.7 Å². The molecule has 0 bridgehead atoms. The predicted molar refractivity (Wildman–Crippen MR) is 142 cm³/mol. The first-order valence-corrected chi connectivity index (χ1v) is 12.6. The lowest BCUT2D eigenvalue weighted by Crippen LogP contribution is -2.51. The molecule has 0 radical (unpaired) electrons. The van der Waals surface area contributed by atoms with Gasteiger partial charge in [0, 0.05) is 25.4 Å². The lowest BCUT2D eigenvalue weighted by molar-refractivity contribution is -0.141. The SMILES string of the molecule is COc1cccc(CN(C(=O)CCc2ccc3c(c2)OCO3)[C@@H](Cc2ccccc2)C(=O)NC(C)C)c1. The number of hydrogen-bond donors (Lipinski definition) is 1. The molecule has 4 rings (SSSR count). The topological polar surface area (TPSA) is 77.1 Å². The molecule has 1 N–H and O–H groups in total. The van der Waals surface area contributed by atoms with Crippen LogP contribution < -0.4 is 19.5 Å². The second kappa shape index (κ2) is 12.3. The Hall–Kier alpha value is -4.00. The molecule has 0 spiro atoms. The van der Waals surface area contributed by atoms with Gasteiger partial charge in [-0.25, -0.2) is 0 Å². The maximum atomic E-state index is 13.8. The summed E-state index contributed by atoms with van der Waals surface area (Å²) in [6.07, 6.45) is 1.19. The van der Waals surface area contributed by atoms with Crippen molar-refractivity contribution >= 4 is 11.8 Å². The summed E-state index contributed by atoms with van der Waals surface area (Å²) in [5.74, 6) is 1.84. The zero-order valence-corrected chi connectivity index (χ0v) is 21.6. The lowest BCUT2D eigenvalue weighted by atomic mass is 10.0. The van der Waals surface area contributed by atoms with Gasteiger partial charge in [-0.1, -0.05) is 48.5 Å². The molecule has 7 heteroatoms. The van der Waals surface area contributed by atoms with Crippen LogP contribution in [0.2, 0.25) is 0 Å². The smallest absolute Gasteiger partial charge is 0.243 e. The van der Waals surface area contributed by atoms with Gasteiger partial charge in [0.05, 0.1) is 7.11 Å². The van der Waals surface area contributed by atoms with Gasteiger partial charge in [0.2, 0.25) is 18.6 Å². The zero-order valence-electron chi connectivity index (χ0n) is 21.6. The molecule has 0 unspecified atom stereocenters. The molecule has 0 aromatic heterocycles. The summed E-state index contributed by atoms with van der Waals surface area (Å²) >= 11 is 0. The first-order chi connectivity index (χ1) is 17.9. The number of carbonyl (C=O) groups excluding carboxylic acids is 2. The molecular weight excluding hydrogens is 468 g/mol. The summed E-state index contributed by atoms with van der Waals surface area (Å²) in [6, 6.07) is 22.4. The van der Waals surface area contributed by atoms with E-state index in [-0.39, 0.29) is 31.1 Å². The van der Waals surface area contributed by atoms with Crippen LogP contribution in [0.4, 0.5) is 0 Å². The number of hydrogen-bond acceptors (Lipinski definition) is 5. The number of aryl methyl sites for hydroxylation is 1. The fourth-order valence-electron chi connectivity index (χ4n) is 4.39. The minimum absolute atomic E-state index is 0.0480. The summed E-state index contributed by atoms with van der Waals surface area (Å²) in [7, 11) is 1.61. The molecular formula is C30H34N2O5. The van der Waals surface area contributed by atoms with Crippen molar-refractivity contribution in [2.45, 2.75) is 51.7 Å². The first-order valence-electron chi connectivity index (χ1n) is 12.6. The minimum Gasteiger partial charge on any atom is -0.497 e. The van der Waals surface area contributed by atoms with Crippen LogP contribution in [-0.2, 0) is 29.0 Å². The third-order valence-corrected chi connectivity index (χ3v) is 6.25. The van der Waals surface area contributed by atoms with Crippen LogP contribution in [0.3, 0.4) is 0 Å². The number of rotatable bonds is 11. The van der Waals surface area contributed by atoms with Gasteiger partial charge in [-0.2, -0.15) is 0 Å². The van der Waals surface area contributed by atoms with Crippen LogP contribution in [0, 0.1) is 0 Å². The van der Waals surface area contributed by atoms with Crippen molar-refractivity contribution in [2.75, 3.05) is 13.9 Å². The molecule has 2 amide bonds. The van der Waals surface area contributed by atoms with Crippen LogP contribution >= 0.6 is 0 Å². The summed E-state index contributed by atoms with van der Waals surface area (Å²) in [5, 5.41) is 3.02. The van der Waals surface area contributed by atoms with Crippen LogP contribution in [0.15, 0.2) is 72.8 Å². The molecule has 0 saturated carbocycles. The van der Waals surface area contributed by atoms with Crippen molar-refractivity contribution in [1.29, 1.82) is 0 Å². The number of amides is 2. The van der Waals surface area contributed by atoms with Crippen molar-refractivity contribution < 1.29 is 23.8 Å². The molecule has 37 heavy (non-hydrogen) atoms. The number of benzene rings is 3. The van der Waals surface area contributed by atoms with Gasteiger partial charge in [0.1, 0.15) is 11.8 Å². The van der Waals surface area contributed by atoms with Crippen molar-refractivity contribution in [3.05, 3.63) is 89.5 Å². The molecule has 3 aromatic carbocycles. The molecule has 1 heterocycles. The van der Waals surface area contributed by atoms with E-state index in [1.54, 1.807) is 12.0 Å². The van der Waals surface area contributed by atoms with Gasteiger partial charge in [0.25, 0.3) is 0 Å². The van der Waals surface area contributed by atoms with E-state index in [9.17, 15) is 9.59 Å². The number of nitrogens with one attached hydrogen (secondary N) is 1. The Kier molecular flexibility index (Phi) is 8.67. The maximum Gasteiger partial charge on any atom is 0.243 e. The number of carbonyl (C=O) groups is 2. The van der Waals surface area contributed by atoms with Gasteiger partial charge in [0.15, 0.2) is 11.5 Å². The second-order valence-corrected chi connectivity index (χ2v) is 9.43. The van der Waals surface area contributed by atoms with E-state index in [1.807, 2.05) is 86.6 Å². The van der Waals surface area contributed by atoms with E-state index >= 15 is 0 Å². The van der Waals surface area contributed by atoms with Crippen LogP contribution in [0.1, 0.15) is 37.0 Å². The Morgan fingerprint density at radius 1 is 0.919 bits per heavy atom. The van der Waals surface area contributed by atoms with Crippen molar-refractivity contribution in [2.24, 2.45) is 0 Å². The Bertz CT molecular complexity index is 1210. The van der Waals surface area contributed by atoms with Gasteiger partial charge in [-0.05, 0) is 61.2 Å². The molecule has 0 saturated heterocycles. The van der Waals surface area contributed by atoms with E-state index in [4.69, 9.17) is 14.2 Å². The van der Waals surface area contributed by atoms with Gasteiger partial charge >= 0.3 is 0 Å². The number of fused-ring (bicyclic) bond motifs is 1. The van der Waals surface area contributed by atoms with Gasteiger partial charge in [-0.15, -0.1) is 0 Å². The summed E-state index contributed by atoms with van der Waals surface area (Å²) in [4.78, 5) is 28.9. The number of nitrogens with zero attached hydrogens (tertiary/aromatic N) is 1. The average molecular weight is 503 g/mol. The largest absolute Gasteiger partial charge is 0.497 e. The van der Waals surface area contributed by atoms with E-state index in [0.717, 1.165) is 16.7 Å². The molecule has 7 nitrogen and oxygen atoms in total. The average Bonchev–Trinajstić information content (AvgIpc) is 3.37. The van der Waals surface area contributed by atoms with E-state index < -0.39 is 6.04 Å². The minimum atomic E-state index is -0.666. The van der Waals surface area contributed by atoms with Crippen molar-refractivity contribution in [3.63, 3.8) is 0 Å². The summed E-state index contributed by atoms with van der Waals surface area (Å²) in [5.41, 5.74) is 2.86. The van der Waals surface area contributed by atoms with E-state index in [0.29, 0.717) is 36.6 Å². The predicted octanol–water partition coefficient (Wildman–Crippen LogP) is 4.52. The molecule has 1 aliphatic rings. The first kappa shape index (κ1) is 26.1. The van der Waals surface area contributed by atoms with E-state index in [2.05, 4.69) is 5.32 Å². The Labute approximate surface area is 218 Å². The fourth-order valence-corrected chi connectivity index (χ4v) is 4.39. The third-order valence-electron chi connectivity index (χ3n) is 6.25. The number of methoxy groups -OCH3 is 1. The Morgan fingerprint density at radius 2 is 1.68 bits per heavy atom. The van der Waals surface area contributed by atoms with Crippen molar-refractivity contribution in [1.82, 2.24) is 10.2 Å².